The normalized spacial score (nSPS) is 20.1. The van der Waals surface area contributed by atoms with Gasteiger partial charge in [-0.2, -0.15) is 0 Å². The summed E-state index contributed by atoms with van der Waals surface area (Å²) in [6.07, 6.45) is 4.41. The minimum absolute atomic E-state index is 0.158. The number of benzene rings is 1. The van der Waals surface area contributed by atoms with Crippen molar-refractivity contribution in [3.63, 3.8) is 0 Å². The van der Waals surface area contributed by atoms with Gasteiger partial charge in [0.05, 0.1) is 0 Å². The van der Waals surface area contributed by atoms with E-state index in [9.17, 15) is 13.2 Å². The molecular formula is C17H24F3NO. The highest BCUT2D eigenvalue weighted by molar-refractivity contribution is 5.25. The lowest BCUT2D eigenvalue weighted by Crippen LogP contribution is -2.33. The Balaban J connectivity index is 2.18. The smallest absolute Gasteiger partial charge is 0.162 e. The number of hydrogen-bond acceptors (Lipinski definition) is 2. The molecule has 0 saturated carbocycles. The van der Waals surface area contributed by atoms with E-state index < -0.39 is 17.5 Å². The quantitative estimate of drug-likeness (QED) is 0.606. The van der Waals surface area contributed by atoms with Crippen LogP contribution in [0.5, 0.6) is 0 Å². The van der Waals surface area contributed by atoms with Crippen molar-refractivity contribution in [1.29, 1.82) is 0 Å². The SMILES string of the molecule is COCCCC[C@H](c1cc(F)cc(F)c1F)[C@H]1CCCNC1. The van der Waals surface area contributed by atoms with Crippen LogP contribution in [0, 0.1) is 23.4 Å². The van der Waals surface area contributed by atoms with Crippen LogP contribution in [0.2, 0.25) is 0 Å². The molecule has 124 valence electrons. The second-order valence-corrected chi connectivity index (χ2v) is 5.99. The molecule has 0 spiro atoms. The zero-order valence-corrected chi connectivity index (χ0v) is 13.0. The molecule has 1 saturated heterocycles. The van der Waals surface area contributed by atoms with Crippen molar-refractivity contribution >= 4 is 0 Å². The van der Waals surface area contributed by atoms with Crippen LogP contribution in [0.3, 0.4) is 0 Å². The molecular weight excluding hydrogens is 291 g/mol. The van der Waals surface area contributed by atoms with Gasteiger partial charge < -0.3 is 10.1 Å². The van der Waals surface area contributed by atoms with Crippen LogP contribution in [0.1, 0.15) is 43.6 Å². The van der Waals surface area contributed by atoms with E-state index in [1.54, 1.807) is 7.11 Å². The Bertz CT molecular complexity index is 475. The maximum absolute atomic E-state index is 14.2. The molecule has 2 nitrogen and oxygen atoms in total. The van der Waals surface area contributed by atoms with Gasteiger partial charge in [-0.05, 0) is 62.2 Å². The van der Waals surface area contributed by atoms with Gasteiger partial charge in [0.25, 0.3) is 0 Å². The van der Waals surface area contributed by atoms with Gasteiger partial charge in [0.2, 0.25) is 0 Å². The topological polar surface area (TPSA) is 21.3 Å². The predicted molar refractivity (Wildman–Crippen MR) is 80.4 cm³/mol. The molecule has 1 aromatic carbocycles. The summed E-state index contributed by atoms with van der Waals surface area (Å²) >= 11 is 0. The fourth-order valence-corrected chi connectivity index (χ4v) is 3.32. The van der Waals surface area contributed by atoms with Gasteiger partial charge in [-0.25, -0.2) is 13.2 Å². The highest BCUT2D eigenvalue weighted by atomic mass is 19.2. The Hall–Kier alpha value is -1.07. The van der Waals surface area contributed by atoms with Crippen LogP contribution in [-0.2, 0) is 4.74 Å². The summed E-state index contributed by atoms with van der Waals surface area (Å²) in [6, 6.07) is 1.77. The van der Waals surface area contributed by atoms with Crippen LogP contribution in [0.25, 0.3) is 0 Å². The highest BCUT2D eigenvalue weighted by Crippen LogP contribution is 2.36. The van der Waals surface area contributed by atoms with Crippen molar-refractivity contribution in [2.75, 3.05) is 26.8 Å². The van der Waals surface area contributed by atoms with Crippen LogP contribution >= 0.6 is 0 Å². The van der Waals surface area contributed by atoms with Crippen molar-refractivity contribution in [2.45, 2.75) is 38.0 Å². The second-order valence-electron chi connectivity index (χ2n) is 5.99. The van der Waals surface area contributed by atoms with E-state index in [0.717, 1.165) is 51.3 Å². The van der Waals surface area contributed by atoms with Crippen LogP contribution in [0.4, 0.5) is 13.2 Å². The Morgan fingerprint density at radius 2 is 2.09 bits per heavy atom. The van der Waals surface area contributed by atoms with Crippen molar-refractivity contribution in [3.8, 4) is 0 Å². The first-order valence-electron chi connectivity index (χ1n) is 7.97. The summed E-state index contributed by atoms with van der Waals surface area (Å²) in [4.78, 5) is 0. The molecule has 2 atom stereocenters. The number of ether oxygens (including phenoxy) is 1. The van der Waals surface area contributed by atoms with Gasteiger partial charge in [-0.3, -0.25) is 0 Å². The lowest BCUT2D eigenvalue weighted by atomic mass is 9.78. The summed E-state index contributed by atoms with van der Waals surface area (Å²) in [5.74, 6) is -2.65. The van der Waals surface area contributed by atoms with Crippen molar-refractivity contribution in [3.05, 3.63) is 35.1 Å². The van der Waals surface area contributed by atoms with E-state index in [0.29, 0.717) is 12.7 Å². The number of piperidine rings is 1. The molecule has 1 aromatic rings. The first kappa shape index (κ1) is 17.3. The molecule has 0 aromatic heterocycles. The summed E-state index contributed by atoms with van der Waals surface area (Å²) < 4.78 is 46.3. The number of hydrogen-bond donors (Lipinski definition) is 1. The molecule has 0 unspecified atom stereocenters. The molecule has 0 bridgehead atoms. The van der Waals surface area contributed by atoms with Crippen molar-refractivity contribution in [2.24, 2.45) is 5.92 Å². The van der Waals surface area contributed by atoms with E-state index in [1.807, 2.05) is 0 Å². The van der Waals surface area contributed by atoms with Gasteiger partial charge in [-0.15, -0.1) is 0 Å². The largest absolute Gasteiger partial charge is 0.385 e. The standard InChI is InChI=1S/C17H24F3NO/c1-22-8-3-2-6-14(12-5-4-7-21-11-12)15-9-13(18)10-16(19)17(15)20/h9-10,12,14,21H,2-8,11H2,1H3/t12-,14-/m0/s1. The first-order chi connectivity index (χ1) is 10.6. The molecule has 1 fully saturated rings. The monoisotopic (exact) mass is 315 g/mol. The van der Waals surface area contributed by atoms with Gasteiger partial charge in [-0.1, -0.05) is 6.42 Å². The molecule has 0 radical (unpaired) electrons. The molecule has 1 aliphatic heterocycles. The summed E-state index contributed by atoms with van der Waals surface area (Å²) in [5.41, 5.74) is 0.184. The van der Waals surface area contributed by atoms with Gasteiger partial charge >= 0.3 is 0 Å². The Morgan fingerprint density at radius 3 is 2.77 bits per heavy atom. The van der Waals surface area contributed by atoms with Crippen molar-refractivity contribution in [1.82, 2.24) is 5.32 Å². The molecule has 0 amide bonds. The maximum Gasteiger partial charge on any atom is 0.162 e. The molecule has 0 aliphatic carbocycles. The summed E-state index contributed by atoms with van der Waals surface area (Å²) in [6.45, 7) is 2.37. The average Bonchev–Trinajstić information content (AvgIpc) is 2.52. The van der Waals surface area contributed by atoms with E-state index in [2.05, 4.69) is 5.32 Å². The zero-order valence-electron chi connectivity index (χ0n) is 13.0. The first-order valence-corrected chi connectivity index (χ1v) is 7.97. The minimum Gasteiger partial charge on any atom is -0.385 e. The van der Waals surface area contributed by atoms with E-state index >= 15 is 0 Å². The second kappa shape index (κ2) is 8.53. The molecule has 5 heteroatoms. The average molecular weight is 315 g/mol. The predicted octanol–water partition coefficient (Wildman–Crippen LogP) is 4.00. The Kier molecular flexibility index (Phi) is 6.70. The van der Waals surface area contributed by atoms with Gasteiger partial charge in [0.15, 0.2) is 11.6 Å². The van der Waals surface area contributed by atoms with E-state index in [4.69, 9.17) is 4.74 Å². The van der Waals surface area contributed by atoms with E-state index in [-0.39, 0.29) is 17.4 Å². The number of nitrogens with one attached hydrogen (secondary N) is 1. The van der Waals surface area contributed by atoms with E-state index in [1.165, 1.54) is 0 Å². The van der Waals surface area contributed by atoms with Gasteiger partial charge in [0, 0.05) is 19.8 Å². The molecule has 1 aliphatic rings. The zero-order chi connectivity index (χ0) is 15.9. The molecule has 1 N–H and O–H groups in total. The fraction of sp³-hybridized carbons (Fsp3) is 0.647. The number of halogens is 3. The van der Waals surface area contributed by atoms with Crippen molar-refractivity contribution < 1.29 is 17.9 Å². The highest BCUT2D eigenvalue weighted by Gasteiger charge is 2.28. The maximum atomic E-state index is 14.2. The Morgan fingerprint density at radius 1 is 1.27 bits per heavy atom. The minimum atomic E-state index is -1.10. The number of rotatable bonds is 7. The molecule has 22 heavy (non-hydrogen) atoms. The third-order valence-electron chi connectivity index (χ3n) is 4.44. The third kappa shape index (κ3) is 4.46. The van der Waals surface area contributed by atoms with Crippen LogP contribution < -0.4 is 5.32 Å². The van der Waals surface area contributed by atoms with Crippen LogP contribution in [-0.4, -0.2) is 26.8 Å². The number of unbranched alkanes of at least 4 members (excludes halogenated alkanes) is 1. The summed E-state index contributed by atoms with van der Waals surface area (Å²) in [7, 11) is 1.64. The fourth-order valence-electron chi connectivity index (χ4n) is 3.32. The third-order valence-corrected chi connectivity index (χ3v) is 4.44. The lowest BCUT2D eigenvalue weighted by molar-refractivity contribution is 0.189. The molecule has 2 rings (SSSR count). The molecule has 1 heterocycles. The van der Waals surface area contributed by atoms with Crippen LogP contribution in [0.15, 0.2) is 12.1 Å². The number of methoxy groups -OCH3 is 1. The van der Waals surface area contributed by atoms with Gasteiger partial charge in [0.1, 0.15) is 5.82 Å². The Labute approximate surface area is 130 Å². The summed E-state index contributed by atoms with van der Waals surface area (Å²) in [5, 5.41) is 3.30. The lowest BCUT2D eigenvalue weighted by Gasteiger charge is -2.31.